The van der Waals surface area contributed by atoms with Gasteiger partial charge in [0.15, 0.2) is 5.82 Å². The number of hydroxylamine groups is 2. The van der Waals surface area contributed by atoms with Crippen LogP contribution >= 0.6 is 34.8 Å². The van der Waals surface area contributed by atoms with E-state index in [0.717, 1.165) is 0 Å². The minimum Gasteiger partial charge on any atom is -0.508 e. The van der Waals surface area contributed by atoms with Crippen molar-refractivity contribution in [3.63, 3.8) is 0 Å². The number of phenolic OH excluding ortho intramolecular Hbond substituents is 1. The molecular weight excluding hydrogens is 700 g/mol. The topological polar surface area (TPSA) is 140 Å². The molecule has 3 fully saturated rings. The minimum absolute atomic E-state index is 0.0347. The SMILES string of the molecule is O=C1C2CC=C3C(CC4C(=O)N(Nc5ncc(C(F)(F)F)cc5Cl)C(=O)C4(c4ccc(Cl)cc4)C3c3ccc(O)cc3Cl)C2C(=O)N1O. The molecule has 1 saturated carbocycles. The van der Waals surface area contributed by atoms with Crippen LogP contribution in [0, 0.1) is 23.7 Å². The highest BCUT2D eigenvalue weighted by Crippen LogP contribution is 2.64. The molecule has 2 aliphatic heterocycles. The average molecular weight is 722 g/mol. The van der Waals surface area contributed by atoms with Crippen LogP contribution in [0.15, 0.2) is 66.4 Å². The van der Waals surface area contributed by atoms with Gasteiger partial charge in [0.05, 0.1) is 33.8 Å². The molecule has 4 amide bonds. The normalized spacial score (nSPS) is 28.3. The summed E-state index contributed by atoms with van der Waals surface area (Å²) in [6.45, 7) is 0. The molecule has 2 saturated heterocycles. The lowest BCUT2D eigenvalue weighted by Crippen LogP contribution is -2.53. The molecule has 3 heterocycles. The number of halogens is 6. The Morgan fingerprint density at radius 1 is 0.917 bits per heavy atom. The molecule has 6 atom stereocenters. The highest BCUT2D eigenvalue weighted by atomic mass is 35.5. The number of carbonyl (C=O) groups is 4. The number of nitrogens with one attached hydrogen (secondary N) is 1. The van der Waals surface area contributed by atoms with Gasteiger partial charge >= 0.3 is 6.18 Å². The molecule has 4 aliphatic rings. The summed E-state index contributed by atoms with van der Waals surface area (Å²) in [5, 5.41) is 21.1. The van der Waals surface area contributed by atoms with Gasteiger partial charge in [0, 0.05) is 22.2 Å². The van der Waals surface area contributed by atoms with Crippen molar-refractivity contribution in [1.82, 2.24) is 15.1 Å². The van der Waals surface area contributed by atoms with E-state index in [0.29, 0.717) is 39.0 Å². The van der Waals surface area contributed by atoms with E-state index in [2.05, 4.69) is 10.4 Å². The molecule has 3 aromatic rings. The first-order valence-corrected chi connectivity index (χ1v) is 15.7. The van der Waals surface area contributed by atoms with Crippen LogP contribution in [0.2, 0.25) is 15.1 Å². The third kappa shape index (κ3) is 4.62. The van der Waals surface area contributed by atoms with Crippen LogP contribution in [0.1, 0.15) is 35.4 Å². The largest absolute Gasteiger partial charge is 0.508 e. The van der Waals surface area contributed by atoms with Crippen molar-refractivity contribution in [1.29, 1.82) is 0 Å². The van der Waals surface area contributed by atoms with Crippen LogP contribution in [-0.4, -0.2) is 49.0 Å². The molecule has 2 aromatic carbocycles. The van der Waals surface area contributed by atoms with E-state index in [-0.39, 0.29) is 28.7 Å². The van der Waals surface area contributed by atoms with Crippen molar-refractivity contribution in [2.75, 3.05) is 5.43 Å². The number of imide groups is 2. The zero-order chi connectivity index (χ0) is 34.4. The number of pyridine rings is 1. The Labute approximate surface area is 284 Å². The lowest BCUT2D eigenvalue weighted by molar-refractivity contribution is -0.173. The number of rotatable bonds is 4. The number of anilines is 1. The summed E-state index contributed by atoms with van der Waals surface area (Å²) in [7, 11) is 0. The summed E-state index contributed by atoms with van der Waals surface area (Å²) in [4.78, 5) is 59.4. The zero-order valence-corrected chi connectivity index (χ0v) is 26.5. The van der Waals surface area contributed by atoms with Crippen LogP contribution < -0.4 is 5.43 Å². The number of phenols is 1. The van der Waals surface area contributed by atoms with Crippen LogP contribution in [0.5, 0.6) is 5.75 Å². The number of fused-ring (bicyclic) bond motifs is 4. The molecule has 1 aromatic heterocycles. The zero-order valence-electron chi connectivity index (χ0n) is 24.2. The molecule has 3 N–H and O–H groups in total. The second-order valence-electron chi connectivity index (χ2n) is 12.1. The molecule has 0 spiro atoms. The Kier molecular flexibility index (Phi) is 7.55. The maximum Gasteiger partial charge on any atom is 0.417 e. The molecule has 0 bridgehead atoms. The lowest BCUT2D eigenvalue weighted by Gasteiger charge is -2.50. The highest BCUT2D eigenvalue weighted by Gasteiger charge is 2.70. The van der Waals surface area contributed by atoms with E-state index < -0.39 is 81.2 Å². The predicted octanol–water partition coefficient (Wildman–Crippen LogP) is 6.14. The lowest BCUT2D eigenvalue weighted by atomic mass is 9.49. The molecule has 0 radical (unpaired) electrons. The summed E-state index contributed by atoms with van der Waals surface area (Å²) in [5.74, 6) is -8.97. The number of hydrogen-bond donors (Lipinski definition) is 3. The number of hydrogen-bond acceptors (Lipinski definition) is 8. The highest BCUT2D eigenvalue weighted by molar-refractivity contribution is 6.33. The molecule has 10 nitrogen and oxygen atoms in total. The monoisotopic (exact) mass is 720 g/mol. The van der Waals surface area contributed by atoms with E-state index in [1.54, 1.807) is 18.2 Å². The van der Waals surface area contributed by atoms with Gasteiger partial charge in [0.25, 0.3) is 23.6 Å². The van der Waals surface area contributed by atoms with E-state index in [9.17, 15) is 37.9 Å². The molecule has 248 valence electrons. The van der Waals surface area contributed by atoms with Crippen LogP contribution in [-0.2, 0) is 30.8 Å². The molecule has 16 heteroatoms. The van der Waals surface area contributed by atoms with Crippen molar-refractivity contribution in [3.8, 4) is 5.75 Å². The maximum absolute atomic E-state index is 15.0. The molecule has 2 aliphatic carbocycles. The molecular formula is C32H22Cl3F3N4O6. The maximum atomic E-state index is 15.0. The summed E-state index contributed by atoms with van der Waals surface area (Å²) in [6, 6.07) is 10.9. The first-order chi connectivity index (χ1) is 22.7. The number of allylic oxidation sites excluding steroid dienone is 2. The Hall–Kier alpha value is -4.17. The van der Waals surface area contributed by atoms with Crippen molar-refractivity contribution >= 4 is 64.2 Å². The van der Waals surface area contributed by atoms with Crippen LogP contribution in [0.25, 0.3) is 0 Å². The number of alkyl halides is 3. The molecule has 6 unspecified atom stereocenters. The Balaban J connectivity index is 1.45. The van der Waals surface area contributed by atoms with Gasteiger partial charge in [-0.3, -0.25) is 29.8 Å². The third-order valence-electron chi connectivity index (χ3n) is 9.83. The van der Waals surface area contributed by atoms with Crippen LogP contribution in [0.3, 0.4) is 0 Å². The average Bonchev–Trinajstić information content (AvgIpc) is 3.38. The smallest absolute Gasteiger partial charge is 0.417 e. The van der Waals surface area contributed by atoms with Crippen molar-refractivity contribution in [3.05, 3.63) is 98.1 Å². The number of benzene rings is 2. The summed E-state index contributed by atoms with van der Waals surface area (Å²) >= 11 is 19.1. The Bertz CT molecular complexity index is 1960. The third-order valence-corrected chi connectivity index (χ3v) is 10.7. The van der Waals surface area contributed by atoms with Gasteiger partial charge in [0.1, 0.15) is 5.75 Å². The number of aromatic nitrogens is 1. The Morgan fingerprint density at radius 2 is 1.62 bits per heavy atom. The fourth-order valence-corrected chi connectivity index (χ4v) is 8.48. The summed E-state index contributed by atoms with van der Waals surface area (Å²) < 4.78 is 40.0. The van der Waals surface area contributed by atoms with Gasteiger partial charge < -0.3 is 5.11 Å². The van der Waals surface area contributed by atoms with Gasteiger partial charge in [-0.1, -0.05) is 64.7 Å². The predicted molar refractivity (Wildman–Crippen MR) is 164 cm³/mol. The quantitative estimate of drug-likeness (QED) is 0.166. The van der Waals surface area contributed by atoms with Gasteiger partial charge in [-0.25, -0.2) is 4.98 Å². The van der Waals surface area contributed by atoms with E-state index >= 15 is 4.79 Å². The van der Waals surface area contributed by atoms with Crippen LogP contribution in [0.4, 0.5) is 19.0 Å². The van der Waals surface area contributed by atoms with E-state index in [4.69, 9.17) is 34.8 Å². The van der Waals surface area contributed by atoms with Gasteiger partial charge in [0.2, 0.25) is 0 Å². The van der Waals surface area contributed by atoms with E-state index in [1.807, 2.05) is 0 Å². The number of hydrazine groups is 1. The summed E-state index contributed by atoms with van der Waals surface area (Å²) in [5.41, 5.74) is 0.747. The minimum atomic E-state index is -4.76. The fourth-order valence-electron chi connectivity index (χ4n) is 7.86. The van der Waals surface area contributed by atoms with Gasteiger partial charge in [-0.15, -0.1) is 0 Å². The number of aromatic hydroxyl groups is 1. The fraction of sp³-hybridized carbons (Fsp3) is 0.281. The Morgan fingerprint density at radius 3 is 2.27 bits per heavy atom. The van der Waals surface area contributed by atoms with Gasteiger partial charge in [-0.2, -0.15) is 23.2 Å². The number of amides is 4. The van der Waals surface area contributed by atoms with Gasteiger partial charge in [-0.05, 0) is 60.2 Å². The first kappa shape index (κ1) is 32.4. The second-order valence-corrected chi connectivity index (χ2v) is 13.4. The van der Waals surface area contributed by atoms with Crippen molar-refractivity contribution in [2.45, 2.75) is 30.4 Å². The first-order valence-electron chi connectivity index (χ1n) is 14.5. The van der Waals surface area contributed by atoms with Crippen molar-refractivity contribution < 1.29 is 42.7 Å². The number of nitrogens with zero attached hydrogens (tertiary/aromatic N) is 3. The van der Waals surface area contributed by atoms with Crippen molar-refractivity contribution in [2.24, 2.45) is 23.7 Å². The molecule has 7 rings (SSSR count). The number of carbonyl (C=O) groups excluding carboxylic acids is 4. The standard InChI is InChI=1S/C32H22Cl3F3N4O6/c33-15-3-1-13(2-4-15)31-21(28(45)41(30(31)47)40-26-23(35)9-14(12-39-26)32(36,37)38)11-20-17(25(31)18-6-5-16(43)10-22(18)34)7-8-19-24(20)29(46)42(48)27(19)44/h1-7,9-10,12,19-21,24-25,43,48H,8,11H2,(H,39,40). The van der Waals surface area contributed by atoms with E-state index in [1.165, 1.54) is 30.3 Å². The summed E-state index contributed by atoms with van der Waals surface area (Å²) in [6.07, 6.45) is -2.63. The molecule has 48 heavy (non-hydrogen) atoms. The second kappa shape index (κ2) is 11.2.